The second kappa shape index (κ2) is 10.5. The van der Waals surface area contributed by atoms with Crippen molar-refractivity contribution in [3.63, 3.8) is 0 Å². The van der Waals surface area contributed by atoms with E-state index >= 15 is 0 Å². The Balaban J connectivity index is 4.85. The fourth-order valence-electron chi connectivity index (χ4n) is 2.24. The van der Waals surface area contributed by atoms with Gasteiger partial charge in [0.25, 0.3) is 0 Å². The largest absolute Gasteiger partial charge is 0.354 e. The molecule has 0 saturated heterocycles. The Morgan fingerprint density at radius 3 is 1.70 bits per heavy atom. The third kappa shape index (κ3) is 15.7. The monoisotopic (exact) mass is 400 g/mol. The van der Waals surface area contributed by atoms with E-state index in [0.717, 1.165) is 6.42 Å². The molecule has 0 aromatic rings. The lowest BCUT2D eigenvalue weighted by Gasteiger charge is -2.23. The van der Waals surface area contributed by atoms with Crippen LogP contribution in [0.2, 0.25) is 0 Å². The average molecular weight is 401 g/mol. The Morgan fingerprint density at radius 2 is 1.26 bits per heavy atom. The van der Waals surface area contributed by atoms with Crippen molar-refractivity contribution in [3.8, 4) is 0 Å². The molecular formula is C21H40N2O3S. The lowest BCUT2D eigenvalue weighted by molar-refractivity contribution is -0.127. The standard InChI is InChI=1S/C21H40N2O3S/c1-19(2,3)10-11-27-18(26)15(23-17(25)13-21(7,8)9)14-22-16(24)12-20(4,5)6/h15H,10-14H2,1-9H3,(H,22,24)(H,23,25). The molecule has 0 fully saturated rings. The predicted octanol–water partition coefficient (Wildman–Crippen LogP) is 4.16. The Morgan fingerprint density at radius 1 is 0.778 bits per heavy atom. The first-order chi connectivity index (χ1) is 12.0. The molecule has 2 N–H and O–H groups in total. The molecule has 0 spiro atoms. The Bertz CT molecular complexity index is 511. The molecule has 0 aromatic carbocycles. The number of hydrogen-bond donors (Lipinski definition) is 2. The van der Waals surface area contributed by atoms with E-state index in [9.17, 15) is 14.4 Å². The summed E-state index contributed by atoms with van der Waals surface area (Å²) in [7, 11) is 0. The zero-order valence-corrected chi connectivity index (χ0v) is 19.6. The molecule has 0 aliphatic rings. The molecule has 0 heterocycles. The van der Waals surface area contributed by atoms with Crippen molar-refractivity contribution < 1.29 is 14.4 Å². The maximum atomic E-state index is 12.6. The van der Waals surface area contributed by atoms with Crippen molar-refractivity contribution in [2.24, 2.45) is 16.2 Å². The van der Waals surface area contributed by atoms with Crippen LogP contribution in [0.15, 0.2) is 0 Å². The summed E-state index contributed by atoms with van der Waals surface area (Å²) < 4.78 is 0. The molecule has 2 amide bonds. The summed E-state index contributed by atoms with van der Waals surface area (Å²) in [6, 6.07) is -0.700. The van der Waals surface area contributed by atoms with Gasteiger partial charge < -0.3 is 10.6 Å². The van der Waals surface area contributed by atoms with E-state index in [1.165, 1.54) is 11.8 Å². The van der Waals surface area contributed by atoms with Crippen LogP contribution in [0, 0.1) is 16.2 Å². The minimum absolute atomic E-state index is 0.0995. The normalized spacial score (nSPS) is 13.8. The maximum absolute atomic E-state index is 12.6. The number of amides is 2. The molecule has 0 radical (unpaired) electrons. The number of hydrogen-bond acceptors (Lipinski definition) is 4. The minimum Gasteiger partial charge on any atom is -0.354 e. The third-order valence-corrected chi connectivity index (χ3v) is 4.58. The quantitative estimate of drug-likeness (QED) is 0.641. The first-order valence-corrected chi connectivity index (χ1v) is 10.7. The molecule has 0 saturated carbocycles. The van der Waals surface area contributed by atoms with E-state index in [2.05, 4.69) is 31.4 Å². The molecule has 158 valence electrons. The van der Waals surface area contributed by atoms with Crippen LogP contribution in [0.25, 0.3) is 0 Å². The third-order valence-electron chi connectivity index (χ3n) is 3.60. The molecule has 1 unspecified atom stereocenters. The van der Waals surface area contributed by atoms with E-state index in [1.54, 1.807) is 0 Å². The minimum atomic E-state index is -0.700. The summed E-state index contributed by atoms with van der Waals surface area (Å²) in [6.45, 7) is 18.4. The van der Waals surface area contributed by atoms with Crippen molar-refractivity contribution in [2.75, 3.05) is 12.3 Å². The average Bonchev–Trinajstić information content (AvgIpc) is 2.37. The zero-order valence-electron chi connectivity index (χ0n) is 18.7. The highest BCUT2D eigenvalue weighted by Gasteiger charge is 2.25. The first kappa shape index (κ1) is 26.0. The van der Waals surface area contributed by atoms with Gasteiger partial charge in [0.1, 0.15) is 6.04 Å². The lowest BCUT2D eigenvalue weighted by atomic mass is 9.91. The van der Waals surface area contributed by atoms with E-state index in [4.69, 9.17) is 0 Å². The van der Waals surface area contributed by atoms with Gasteiger partial charge in [0.05, 0.1) is 0 Å². The smallest absolute Gasteiger partial charge is 0.221 e. The highest BCUT2D eigenvalue weighted by atomic mass is 32.2. The lowest BCUT2D eigenvalue weighted by Crippen LogP contribution is -2.48. The molecule has 0 rings (SSSR count). The highest BCUT2D eigenvalue weighted by Crippen LogP contribution is 2.23. The Hall–Kier alpha value is -1.04. The van der Waals surface area contributed by atoms with Crippen LogP contribution < -0.4 is 10.6 Å². The number of thioether (sulfide) groups is 1. The number of carbonyl (C=O) groups excluding carboxylic acids is 3. The van der Waals surface area contributed by atoms with Crippen molar-refractivity contribution in [1.29, 1.82) is 0 Å². The van der Waals surface area contributed by atoms with Gasteiger partial charge in [-0.25, -0.2) is 0 Å². The van der Waals surface area contributed by atoms with Crippen molar-refractivity contribution in [1.82, 2.24) is 10.6 Å². The molecule has 0 aromatic heterocycles. The molecule has 5 nitrogen and oxygen atoms in total. The summed E-state index contributed by atoms with van der Waals surface area (Å²) in [5.74, 6) is 0.427. The SMILES string of the molecule is CC(C)(C)CCSC(=O)C(CNC(=O)CC(C)(C)C)NC(=O)CC(C)(C)C. The van der Waals surface area contributed by atoms with Gasteiger partial charge in [0.2, 0.25) is 16.9 Å². The molecule has 0 aliphatic carbocycles. The number of nitrogens with one attached hydrogen (secondary N) is 2. The first-order valence-electron chi connectivity index (χ1n) is 9.71. The topological polar surface area (TPSA) is 75.3 Å². The summed E-state index contributed by atoms with van der Waals surface area (Å²) in [4.78, 5) is 37.0. The van der Waals surface area contributed by atoms with Gasteiger partial charge in [0.15, 0.2) is 0 Å². The fraction of sp³-hybridized carbons (Fsp3) is 0.857. The highest BCUT2D eigenvalue weighted by molar-refractivity contribution is 8.13. The fourth-order valence-corrected chi connectivity index (χ4v) is 3.50. The van der Waals surface area contributed by atoms with Crippen molar-refractivity contribution in [2.45, 2.75) is 87.6 Å². The van der Waals surface area contributed by atoms with Crippen LogP contribution >= 0.6 is 11.8 Å². The number of rotatable bonds is 8. The van der Waals surface area contributed by atoms with Gasteiger partial charge in [-0.3, -0.25) is 14.4 Å². The summed E-state index contributed by atoms with van der Waals surface area (Å²) in [5.41, 5.74) is -0.133. The second-order valence-electron chi connectivity index (χ2n) is 10.9. The van der Waals surface area contributed by atoms with Crippen LogP contribution in [0.1, 0.15) is 81.6 Å². The Kier molecular flexibility index (Phi) is 10.1. The van der Waals surface area contributed by atoms with E-state index < -0.39 is 6.04 Å². The van der Waals surface area contributed by atoms with Gasteiger partial charge in [0, 0.05) is 25.1 Å². The van der Waals surface area contributed by atoms with Crippen LogP contribution in [-0.4, -0.2) is 35.3 Å². The van der Waals surface area contributed by atoms with Gasteiger partial charge in [-0.15, -0.1) is 0 Å². The Labute approximate surface area is 170 Å². The van der Waals surface area contributed by atoms with Crippen LogP contribution in [-0.2, 0) is 14.4 Å². The maximum Gasteiger partial charge on any atom is 0.221 e. The van der Waals surface area contributed by atoms with Gasteiger partial charge in [-0.05, 0) is 22.7 Å². The molecule has 27 heavy (non-hydrogen) atoms. The summed E-state index contributed by atoms with van der Waals surface area (Å²) in [6.07, 6.45) is 1.61. The molecular weight excluding hydrogens is 360 g/mol. The summed E-state index contributed by atoms with van der Waals surface area (Å²) >= 11 is 1.23. The van der Waals surface area contributed by atoms with Gasteiger partial charge >= 0.3 is 0 Å². The van der Waals surface area contributed by atoms with Gasteiger partial charge in [-0.1, -0.05) is 74.1 Å². The summed E-state index contributed by atoms with van der Waals surface area (Å²) in [5, 5.41) is 5.52. The number of carbonyl (C=O) groups is 3. The molecule has 0 bridgehead atoms. The van der Waals surface area contributed by atoms with E-state index in [0.29, 0.717) is 18.6 Å². The van der Waals surface area contributed by atoms with Crippen molar-refractivity contribution in [3.05, 3.63) is 0 Å². The second-order valence-corrected chi connectivity index (χ2v) is 12.0. The molecule has 1 atom stereocenters. The van der Waals surface area contributed by atoms with Crippen LogP contribution in [0.5, 0.6) is 0 Å². The van der Waals surface area contributed by atoms with E-state index in [-0.39, 0.29) is 39.7 Å². The van der Waals surface area contributed by atoms with Crippen molar-refractivity contribution >= 4 is 28.7 Å². The molecule has 6 heteroatoms. The van der Waals surface area contributed by atoms with E-state index in [1.807, 2.05) is 41.5 Å². The zero-order chi connectivity index (χ0) is 21.5. The van der Waals surface area contributed by atoms with Gasteiger partial charge in [-0.2, -0.15) is 0 Å². The van der Waals surface area contributed by atoms with Crippen LogP contribution in [0.4, 0.5) is 0 Å². The molecule has 0 aliphatic heterocycles. The van der Waals surface area contributed by atoms with Crippen LogP contribution in [0.3, 0.4) is 0 Å². The predicted molar refractivity (Wildman–Crippen MR) is 115 cm³/mol.